The molecule has 3 amide bonds. The van der Waals surface area contributed by atoms with Gasteiger partial charge in [-0.1, -0.05) is 30.3 Å². The van der Waals surface area contributed by atoms with E-state index in [0.717, 1.165) is 22.3 Å². The summed E-state index contributed by atoms with van der Waals surface area (Å²) in [5, 5.41) is 10.6. The summed E-state index contributed by atoms with van der Waals surface area (Å²) < 4.78 is 13.0. The predicted octanol–water partition coefficient (Wildman–Crippen LogP) is 3.27. The Kier molecular flexibility index (Phi) is 6.75. The Labute approximate surface area is 192 Å². The summed E-state index contributed by atoms with van der Waals surface area (Å²) in [6.45, 7) is 0.136. The number of para-hydroxylation sites is 1. The van der Waals surface area contributed by atoms with Crippen molar-refractivity contribution in [3.63, 3.8) is 0 Å². The fourth-order valence-electron chi connectivity index (χ4n) is 2.95. The van der Waals surface area contributed by atoms with Gasteiger partial charge in [0, 0.05) is 19.2 Å². The monoisotopic (exact) mass is 463 g/mol. The van der Waals surface area contributed by atoms with E-state index in [-0.39, 0.29) is 23.8 Å². The first-order valence-corrected chi connectivity index (χ1v) is 10.8. The minimum Gasteiger partial charge on any atom is -0.351 e. The minimum absolute atomic E-state index is 0.0369. The van der Waals surface area contributed by atoms with E-state index in [1.165, 1.54) is 53.5 Å². The number of hydrogen-bond donors (Lipinski definition) is 1. The van der Waals surface area contributed by atoms with Crippen LogP contribution in [0.25, 0.3) is 17.8 Å². The number of amides is 3. The molecule has 1 fully saturated rings. The van der Waals surface area contributed by atoms with Crippen molar-refractivity contribution in [1.82, 2.24) is 25.2 Å². The Morgan fingerprint density at radius 1 is 1.09 bits per heavy atom. The Morgan fingerprint density at radius 3 is 2.61 bits per heavy atom. The molecule has 3 aromatic rings. The van der Waals surface area contributed by atoms with Gasteiger partial charge in [-0.2, -0.15) is 9.90 Å². The highest BCUT2D eigenvalue weighted by atomic mass is 32.2. The normalized spacial score (nSPS) is 15.1. The molecule has 0 aliphatic carbocycles. The van der Waals surface area contributed by atoms with E-state index >= 15 is 0 Å². The third-order valence-electron chi connectivity index (χ3n) is 4.58. The van der Waals surface area contributed by atoms with Crippen LogP contribution in [0.4, 0.5) is 9.18 Å². The number of nitrogens with one attached hydrogen (secondary N) is 1. The number of halogens is 1. The lowest BCUT2D eigenvalue weighted by Gasteiger charge is -2.12. The van der Waals surface area contributed by atoms with E-state index in [0.29, 0.717) is 11.3 Å². The molecule has 0 radical (unpaired) electrons. The van der Waals surface area contributed by atoms with Crippen LogP contribution in [0.5, 0.6) is 0 Å². The average Bonchev–Trinajstić information content (AvgIpc) is 3.40. The Morgan fingerprint density at radius 2 is 1.85 bits per heavy atom. The smallest absolute Gasteiger partial charge is 0.293 e. The molecule has 2 heterocycles. The number of hydrogen-bond acceptors (Lipinski definition) is 6. The van der Waals surface area contributed by atoms with Crippen molar-refractivity contribution in [2.24, 2.45) is 0 Å². The van der Waals surface area contributed by atoms with Crippen LogP contribution in [-0.4, -0.2) is 50.0 Å². The molecule has 0 atom stereocenters. The summed E-state index contributed by atoms with van der Waals surface area (Å²) in [6.07, 6.45) is 5.90. The Bertz CT molecular complexity index is 1240. The number of imide groups is 1. The largest absolute Gasteiger partial charge is 0.351 e. The molecule has 1 saturated heterocycles. The molecule has 8 nitrogen and oxygen atoms in total. The maximum Gasteiger partial charge on any atom is 0.293 e. The van der Waals surface area contributed by atoms with Crippen LogP contribution in [0.2, 0.25) is 0 Å². The standard InChI is InChI=1S/C23H18FN5O3S/c24-17-8-6-16(7-9-17)14-20-22(31)28(23(32)33-20)13-12-25-21(30)11-10-18-15-26-29(27-18)19-4-2-1-3-5-19/h1-11,14-15H,12-13H2,(H,25,30)/b11-10+,20-14-. The van der Waals surface area contributed by atoms with Gasteiger partial charge in [0.15, 0.2) is 0 Å². The molecule has 0 unspecified atom stereocenters. The second-order valence-corrected chi connectivity index (χ2v) is 7.90. The van der Waals surface area contributed by atoms with Crippen LogP contribution >= 0.6 is 11.8 Å². The molecular formula is C23H18FN5O3S. The first-order valence-electron chi connectivity index (χ1n) is 9.94. The van der Waals surface area contributed by atoms with Gasteiger partial charge in [0.1, 0.15) is 11.5 Å². The second kappa shape index (κ2) is 10.0. The zero-order chi connectivity index (χ0) is 23.2. The molecule has 166 valence electrons. The maximum absolute atomic E-state index is 13.0. The molecule has 0 spiro atoms. The van der Waals surface area contributed by atoms with Crippen molar-refractivity contribution in [2.45, 2.75) is 0 Å². The number of aromatic nitrogens is 3. The van der Waals surface area contributed by atoms with Crippen molar-refractivity contribution >= 4 is 41.0 Å². The van der Waals surface area contributed by atoms with Gasteiger partial charge in [0.2, 0.25) is 5.91 Å². The topological polar surface area (TPSA) is 97.2 Å². The summed E-state index contributed by atoms with van der Waals surface area (Å²) in [6, 6.07) is 15.0. The summed E-state index contributed by atoms with van der Waals surface area (Å²) >= 11 is 0.808. The summed E-state index contributed by atoms with van der Waals surface area (Å²) in [5.41, 5.74) is 1.92. The van der Waals surface area contributed by atoms with E-state index in [1.54, 1.807) is 0 Å². The molecule has 2 aromatic carbocycles. The van der Waals surface area contributed by atoms with Crippen LogP contribution < -0.4 is 5.32 Å². The first kappa shape index (κ1) is 22.2. The first-order chi connectivity index (χ1) is 16.0. The SMILES string of the molecule is O=C(/C=C/c1cnn(-c2ccccc2)n1)NCCN1C(=O)S/C(=C\c2ccc(F)cc2)C1=O. The van der Waals surface area contributed by atoms with Crippen molar-refractivity contribution in [3.8, 4) is 5.69 Å². The van der Waals surface area contributed by atoms with Gasteiger partial charge in [-0.15, -0.1) is 5.10 Å². The number of nitrogens with zero attached hydrogens (tertiary/aromatic N) is 4. The third-order valence-corrected chi connectivity index (χ3v) is 5.49. The Hall–Kier alpha value is -4.05. The second-order valence-electron chi connectivity index (χ2n) is 6.90. The van der Waals surface area contributed by atoms with E-state index < -0.39 is 17.1 Å². The van der Waals surface area contributed by atoms with Gasteiger partial charge in [0.05, 0.1) is 16.8 Å². The van der Waals surface area contributed by atoms with Crippen LogP contribution in [0.15, 0.2) is 71.8 Å². The lowest BCUT2D eigenvalue weighted by Crippen LogP contribution is -2.36. The average molecular weight is 463 g/mol. The van der Waals surface area contributed by atoms with Gasteiger partial charge < -0.3 is 5.32 Å². The van der Waals surface area contributed by atoms with Crippen LogP contribution in [0.1, 0.15) is 11.3 Å². The van der Waals surface area contributed by atoms with Crippen molar-refractivity contribution in [2.75, 3.05) is 13.1 Å². The quantitative estimate of drug-likeness (QED) is 0.540. The summed E-state index contributed by atoms with van der Waals surface area (Å²) in [4.78, 5) is 39.5. The van der Waals surface area contributed by atoms with E-state index in [2.05, 4.69) is 15.5 Å². The van der Waals surface area contributed by atoms with Gasteiger partial charge in [0.25, 0.3) is 11.1 Å². The predicted molar refractivity (Wildman–Crippen MR) is 122 cm³/mol. The number of carbonyl (C=O) groups is 3. The highest BCUT2D eigenvalue weighted by Crippen LogP contribution is 2.31. The van der Waals surface area contributed by atoms with Crippen LogP contribution in [-0.2, 0) is 9.59 Å². The van der Waals surface area contributed by atoms with Gasteiger partial charge >= 0.3 is 0 Å². The highest BCUT2D eigenvalue weighted by molar-refractivity contribution is 8.18. The van der Waals surface area contributed by atoms with Crippen molar-refractivity contribution < 1.29 is 18.8 Å². The zero-order valence-corrected chi connectivity index (χ0v) is 18.0. The Balaban J connectivity index is 1.28. The van der Waals surface area contributed by atoms with E-state index in [9.17, 15) is 18.8 Å². The molecule has 10 heteroatoms. The number of rotatable bonds is 7. The fourth-order valence-corrected chi connectivity index (χ4v) is 3.82. The molecule has 4 rings (SSSR count). The highest BCUT2D eigenvalue weighted by Gasteiger charge is 2.34. The van der Waals surface area contributed by atoms with Gasteiger partial charge in [-0.3, -0.25) is 19.3 Å². The molecule has 0 saturated carbocycles. The van der Waals surface area contributed by atoms with Crippen molar-refractivity contribution in [1.29, 1.82) is 0 Å². The summed E-state index contributed by atoms with van der Waals surface area (Å²) in [7, 11) is 0. The number of thioether (sulfide) groups is 1. The molecule has 1 N–H and O–H groups in total. The van der Waals surface area contributed by atoms with Crippen LogP contribution in [0.3, 0.4) is 0 Å². The fraction of sp³-hybridized carbons (Fsp3) is 0.0870. The molecule has 0 bridgehead atoms. The van der Waals surface area contributed by atoms with Crippen molar-refractivity contribution in [3.05, 3.63) is 88.8 Å². The molecule has 1 aliphatic rings. The number of carbonyl (C=O) groups excluding carboxylic acids is 3. The van der Waals surface area contributed by atoms with Gasteiger partial charge in [-0.25, -0.2) is 4.39 Å². The van der Waals surface area contributed by atoms with Gasteiger partial charge in [-0.05, 0) is 53.7 Å². The minimum atomic E-state index is -0.448. The van der Waals surface area contributed by atoms with E-state index in [1.807, 2.05) is 30.3 Å². The molecule has 33 heavy (non-hydrogen) atoms. The maximum atomic E-state index is 13.0. The third kappa shape index (κ3) is 5.60. The zero-order valence-electron chi connectivity index (χ0n) is 17.2. The lowest BCUT2D eigenvalue weighted by atomic mass is 10.2. The lowest BCUT2D eigenvalue weighted by molar-refractivity contribution is -0.123. The molecule has 1 aromatic heterocycles. The van der Waals surface area contributed by atoms with E-state index in [4.69, 9.17) is 0 Å². The molecule has 1 aliphatic heterocycles. The number of benzene rings is 2. The molecular weight excluding hydrogens is 445 g/mol. The van der Waals surface area contributed by atoms with Crippen LogP contribution in [0, 0.1) is 5.82 Å². The summed E-state index contributed by atoms with van der Waals surface area (Å²) in [5.74, 6) is -1.22.